The number of para-hydroxylation sites is 1. The van der Waals surface area contributed by atoms with Crippen molar-refractivity contribution in [3.05, 3.63) is 42.5 Å². The molecule has 0 bridgehead atoms. The first-order valence-electron chi connectivity index (χ1n) is 4.61. The largest absolute Gasteiger partial charge is 0.489 e. The van der Waals surface area contributed by atoms with Gasteiger partial charge in [0.25, 0.3) is 0 Å². The second-order valence-electron chi connectivity index (χ2n) is 2.95. The van der Waals surface area contributed by atoms with Crippen LogP contribution in [0.4, 0.5) is 0 Å². The Balaban J connectivity index is 2.76. The van der Waals surface area contributed by atoms with Gasteiger partial charge in [0.2, 0.25) is 0 Å². The Bertz CT molecular complexity index is 357. The third-order valence-corrected chi connectivity index (χ3v) is 1.76. The van der Waals surface area contributed by atoms with E-state index in [1.165, 1.54) is 0 Å². The van der Waals surface area contributed by atoms with Crippen molar-refractivity contribution >= 4 is 5.96 Å². The van der Waals surface area contributed by atoms with E-state index in [2.05, 4.69) is 11.6 Å². The first-order valence-corrected chi connectivity index (χ1v) is 4.61. The molecule has 0 amide bonds. The summed E-state index contributed by atoms with van der Waals surface area (Å²) in [4.78, 5) is 3.93. The molecule has 1 aromatic carbocycles. The van der Waals surface area contributed by atoms with Gasteiger partial charge in [-0.25, -0.2) is 4.99 Å². The van der Waals surface area contributed by atoms with Crippen LogP contribution in [0.15, 0.2) is 41.9 Å². The quantitative estimate of drug-likeness (QED) is 0.428. The zero-order valence-electron chi connectivity index (χ0n) is 8.52. The van der Waals surface area contributed by atoms with E-state index in [1.807, 2.05) is 24.3 Å². The van der Waals surface area contributed by atoms with E-state index in [0.717, 1.165) is 11.3 Å². The topological polar surface area (TPSA) is 73.6 Å². The molecular weight excluding hydrogens is 190 g/mol. The molecule has 0 aliphatic heterocycles. The summed E-state index contributed by atoms with van der Waals surface area (Å²) in [6, 6.07) is 7.61. The summed E-state index contributed by atoms with van der Waals surface area (Å²) in [6.07, 6.45) is 1.69. The van der Waals surface area contributed by atoms with Gasteiger partial charge in [-0.1, -0.05) is 30.9 Å². The lowest BCUT2D eigenvalue weighted by Gasteiger charge is -2.07. The number of nitrogens with two attached hydrogens (primary N) is 2. The van der Waals surface area contributed by atoms with Crippen molar-refractivity contribution in [2.75, 3.05) is 6.61 Å². The highest BCUT2D eigenvalue weighted by Gasteiger charge is 2.00. The van der Waals surface area contributed by atoms with Gasteiger partial charge in [-0.3, -0.25) is 0 Å². The van der Waals surface area contributed by atoms with Crippen LogP contribution in [0.25, 0.3) is 0 Å². The lowest BCUT2D eigenvalue weighted by Crippen LogP contribution is -2.22. The van der Waals surface area contributed by atoms with Crippen LogP contribution in [-0.4, -0.2) is 12.6 Å². The van der Waals surface area contributed by atoms with Crippen LogP contribution in [0, 0.1) is 0 Å². The summed E-state index contributed by atoms with van der Waals surface area (Å²) in [5.41, 5.74) is 11.5. The normalized spacial score (nSPS) is 9.33. The highest BCUT2D eigenvalue weighted by Crippen LogP contribution is 2.18. The molecule has 1 rings (SSSR count). The zero-order chi connectivity index (χ0) is 11.1. The number of benzene rings is 1. The second kappa shape index (κ2) is 5.70. The predicted octanol–water partition coefficient (Wildman–Crippen LogP) is 1.02. The Morgan fingerprint density at radius 2 is 2.13 bits per heavy atom. The van der Waals surface area contributed by atoms with Crippen molar-refractivity contribution in [1.29, 1.82) is 0 Å². The SMILES string of the molecule is C=CCOc1ccccc1CN=C(N)N. The molecule has 0 saturated carbocycles. The zero-order valence-corrected chi connectivity index (χ0v) is 8.52. The molecule has 0 radical (unpaired) electrons. The van der Waals surface area contributed by atoms with Crippen molar-refractivity contribution in [1.82, 2.24) is 0 Å². The third-order valence-electron chi connectivity index (χ3n) is 1.76. The summed E-state index contributed by atoms with van der Waals surface area (Å²) in [6.45, 7) is 4.48. The smallest absolute Gasteiger partial charge is 0.186 e. The molecule has 0 spiro atoms. The average molecular weight is 205 g/mol. The standard InChI is InChI=1S/C11H15N3O/c1-2-7-15-10-6-4-3-5-9(10)8-14-11(12)13/h2-6H,1,7-8H2,(H4,12,13,14). The monoisotopic (exact) mass is 205 g/mol. The molecular formula is C11H15N3O. The van der Waals surface area contributed by atoms with Crippen LogP contribution in [0.5, 0.6) is 5.75 Å². The predicted molar refractivity (Wildman–Crippen MR) is 61.6 cm³/mol. The van der Waals surface area contributed by atoms with Crippen LogP contribution >= 0.6 is 0 Å². The minimum Gasteiger partial charge on any atom is -0.489 e. The Morgan fingerprint density at radius 1 is 1.40 bits per heavy atom. The summed E-state index contributed by atoms with van der Waals surface area (Å²) >= 11 is 0. The lowest BCUT2D eigenvalue weighted by molar-refractivity contribution is 0.359. The number of ether oxygens (including phenoxy) is 1. The van der Waals surface area contributed by atoms with Crippen LogP contribution in [0.3, 0.4) is 0 Å². The van der Waals surface area contributed by atoms with E-state index in [4.69, 9.17) is 16.2 Å². The van der Waals surface area contributed by atoms with Crippen LogP contribution in [0.1, 0.15) is 5.56 Å². The Labute approximate surface area is 89.3 Å². The van der Waals surface area contributed by atoms with Gasteiger partial charge >= 0.3 is 0 Å². The Hall–Kier alpha value is -1.97. The fraction of sp³-hybridized carbons (Fsp3) is 0.182. The highest BCUT2D eigenvalue weighted by molar-refractivity contribution is 5.75. The van der Waals surface area contributed by atoms with Gasteiger partial charge in [-0.15, -0.1) is 0 Å². The molecule has 15 heavy (non-hydrogen) atoms. The van der Waals surface area contributed by atoms with E-state index in [9.17, 15) is 0 Å². The van der Waals surface area contributed by atoms with Crippen molar-refractivity contribution < 1.29 is 4.74 Å². The highest BCUT2D eigenvalue weighted by atomic mass is 16.5. The third kappa shape index (κ3) is 3.72. The number of rotatable bonds is 5. The first-order chi connectivity index (χ1) is 7.24. The number of hydrogen-bond donors (Lipinski definition) is 2. The first kappa shape index (κ1) is 11.1. The van der Waals surface area contributed by atoms with Crippen LogP contribution in [-0.2, 0) is 6.54 Å². The molecule has 80 valence electrons. The van der Waals surface area contributed by atoms with E-state index < -0.39 is 0 Å². The molecule has 0 unspecified atom stereocenters. The fourth-order valence-corrected chi connectivity index (χ4v) is 1.10. The molecule has 0 atom stereocenters. The number of nitrogens with zero attached hydrogens (tertiary/aromatic N) is 1. The molecule has 0 aliphatic rings. The summed E-state index contributed by atoms with van der Waals surface area (Å²) in [7, 11) is 0. The molecule has 4 nitrogen and oxygen atoms in total. The second-order valence-corrected chi connectivity index (χ2v) is 2.95. The van der Waals surface area contributed by atoms with E-state index >= 15 is 0 Å². The number of hydrogen-bond acceptors (Lipinski definition) is 2. The van der Waals surface area contributed by atoms with Crippen molar-refractivity contribution in [3.63, 3.8) is 0 Å². The molecule has 4 heteroatoms. The van der Waals surface area contributed by atoms with Crippen molar-refractivity contribution in [2.24, 2.45) is 16.5 Å². The van der Waals surface area contributed by atoms with Gasteiger partial charge in [0.15, 0.2) is 5.96 Å². The maximum Gasteiger partial charge on any atom is 0.186 e. The van der Waals surface area contributed by atoms with Gasteiger partial charge in [0, 0.05) is 5.56 Å². The summed E-state index contributed by atoms with van der Waals surface area (Å²) in [5.74, 6) is 0.857. The van der Waals surface area contributed by atoms with E-state index in [-0.39, 0.29) is 5.96 Å². The van der Waals surface area contributed by atoms with Gasteiger partial charge in [-0.05, 0) is 6.07 Å². The van der Waals surface area contributed by atoms with E-state index in [0.29, 0.717) is 13.2 Å². The maximum atomic E-state index is 5.45. The van der Waals surface area contributed by atoms with Crippen molar-refractivity contribution in [2.45, 2.75) is 6.54 Å². The van der Waals surface area contributed by atoms with Gasteiger partial charge in [0.1, 0.15) is 12.4 Å². The molecule has 0 heterocycles. The van der Waals surface area contributed by atoms with E-state index in [1.54, 1.807) is 6.08 Å². The van der Waals surface area contributed by atoms with Crippen molar-refractivity contribution in [3.8, 4) is 5.75 Å². The lowest BCUT2D eigenvalue weighted by atomic mass is 10.2. The minimum atomic E-state index is 0.0773. The number of aliphatic imine (C=N–C) groups is 1. The molecule has 0 aliphatic carbocycles. The molecule has 4 N–H and O–H groups in total. The Kier molecular flexibility index (Phi) is 4.22. The van der Waals surface area contributed by atoms with Crippen LogP contribution < -0.4 is 16.2 Å². The fourth-order valence-electron chi connectivity index (χ4n) is 1.10. The van der Waals surface area contributed by atoms with Crippen LogP contribution in [0.2, 0.25) is 0 Å². The molecule has 0 aromatic heterocycles. The van der Waals surface area contributed by atoms with Gasteiger partial charge < -0.3 is 16.2 Å². The summed E-state index contributed by atoms with van der Waals surface area (Å²) < 4.78 is 5.45. The molecule has 0 saturated heterocycles. The molecule has 0 fully saturated rings. The maximum absolute atomic E-state index is 5.45. The molecule has 1 aromatic rings. The van der Waals surface area contributed by atoms with Gasteiger partial charge in [-0.2, -0.15) is 0 Å². The average Bonchev–Trinajstić information content (AvgIpc) is 2.24. The minimum absolute atomic E-state index is 0.0773. The number of guanidine groups is 1. The Morgan fingerprint density at radius 3 is 2.80 bits per heavy atom. The summed E-state index contributed by atoms with van der Waals surface area (Å²) in [5, 5.41) is 0. The van der Waals surface area contributed by atoms with Gasteiger partial charge in [0.05, 0.1) is 6.54 Å².